The van der Waals surface area contributed by atoms with Gasteiger partial charge in [0.25, 0.3) is 0 Å². The average Bonchev–Trinajstić information content (AvgIpc) is 2.70. The van der Waals surface area contributed by atoms with Gasteiger partial charge in [0.15, 0.2) is 5.65 Å². The Morgan fingerprint density at radius 3 is 3.18 bits per heavy atom. The first kappa shape index (κ1) is 11.4. The number of methoxy groups -OCH3 is 1. The molecule has 6 nitrogen and oxygen atoms in total. The molecule has 0 amide bonds. The summed E-state index contributed by atoms with van der Waals surface area (Å²) in [6.07, 6.45) is 2.15. The van der Waals surface area contributed by atoms with Crippen LogP contribution in [-0.4, -0.2) is 34.2 Å². The predicted molar refractivity (Wildman–Crippen MR) is 62.8 cm³/mol. The Labute approximate surface area is 98.6 Å². The Kier molecular flexibility index (Phi) is 3.22. The zero-order chi connectivity index (χ0) is 12.3. The summed E-state index contributed by atoms with van der Waals surface area (Å²) in [7, 11) is 1.37. The normalized spacial score (nSPS) is 10.5. The highest BCUT2D eigenvalue weighted by Crippen LogP contribution is 2.07. The molecule has 0 saturated heterocycles. The van der Waals surface area contributed by atoms with E-state index in [-0.39, 0.29) is 5.97 Å². The van der Waals surface area contributed by atoms with Crippen LogP contribution < -0.4 is 5.32 Å². The van der Waals surface area contributed by atoms with Gasteiger partial charge in [0.05, 0.1) is 13.5 Å². The van der Waals surface area contributed by atoms with Crippen LogP contribution in [0.2, 0.25) is 0 Å². The monoisotopic (exact) mass is 234 g/mol. The highest BCUT2D eigenvalue weighted by molar-refractivity contribution is 5.69. The van der Waals surface area contributed by atoms with Crippen molar-refractivity contribution in [2.45, 2.75) is 13.3 Å². The number of aromatic nitrogens is 3. The fourth-order valence-corrected chi connectivity index (χ4v) is 1.44. The molecular weight excluding hydrogens is 220 g/mol. The van der Waals surface area contributed by atoms with E-state index in [2.05, 4.69) is 20.1 Å². The molecule has 2 aromatic heterocycles. The van der Waals surface area contributed by atoms with E-state index in [4.69, 9.17) is 0 Å². The smallest absolute Gasteiger partial charge is 0.307 e. The molecule has 0 aliphatic rings. The first-order valence-corrected chi connectivity index (χ1v) is 5.33. The molecule has 0 unspecified atom stereocenters. The second-order valence-electron chi connectivity index (χ2n) is 3.70. The molecule has 0 aliphatic heterocycles. The minimum absolute atomic E-state index is 0.253. The van der Waals surface area contributed by atoms with E-state index in [0.29, 0.717) is 18.9 Å². The number of rotatable bonds is 4. The number of esters is 1. The van der Waals surface area contributed by atoms with Crippen molar-refractivity contribution in [1.29, 1.82) is 0 Å². The van der Waals surface area contributed by atoms with Gasteiger partial charge in [-0.25, -0.2) is 4.52 Å². The highest BCUT2D eigenvalue weighted by Gasteiger charge is 2.04. The third-order valence-corrected chi connectivity index (χ3v) is 2.33. The van der Waals surface area contributed by atoms with E-state index in [1.807, 2.05) is 25.3 Å². The first-order valence-electron chi connectivity index (χ1n) is 5.33. The zero-order valence-electron chi connectivity index (χ0n) is 9.80. The first-order chi connectivity index (χ1) is 8.19. The van der Waals surface area contributed by atoms with Crippen molar-refractivity contribution in [3.05, 3.63) is 23.9 Å². The molecule has 90 valence electrons. The van der Waals surface area contributed by atoms with Gasteiger partial charge in [-0.2, -0.15) is 4.98 Å². The maximum Gasteiger partial charge on any atom is 0.307 e. The van der Waals surface area contributed by atoms with Crippen LogP contribution >= 0.6 is 0 Å². The topological polar surface area (TPSA) is 68.5 Å². The van der Waals surface area contributed by atoms with E-state index in [9.17, 15) is 4.79 Å². The minimum Gasteiger partial charge on any atom is -0.469 e. The summed E-state index contributed by atoms with van der Waals surface area (Å²) in [5.74, 6) is 0.261. The van der Waals surface area contributed by atoms with Crippen molar-refractivity contribution in [1.82, 2.24) is 14.6 Å². The SMILES string of the molecule is COC(=O)CCNc1nc2cc(C)ccn2n1. The van der Waals surface area contributed by atoms with Gasteiger partial charge in [-0.3, -0.25) is 4.79 Å². The zero-order valence-corrected chi connectivity index (χ0v) is 9.80. The summed E-state index contributed by atoms with van der Waals surface area (Å²) in [5, 5.41) is 7.19. The van der Waals surface area contributed by atoms with Crippen molar-refractivity contribution in [3.8, 4) is 0 Å². The molecule has 0 saturated carbocycles. The van der Waals surface area contributed by atoms with Gasteiger partial charge in [-0.15, -0.1) is 5.10 Å². The molecule has 6 heteroatoms. The lowest BCUT2D eigenvalue weighted by Gasteiger charge is -1.99. The molecule has 0 bridgehead atoms. The Morgan fingerprint density at radius 2 is 2.41 bits per heavy atom. The average molecular weight is 234 g/mol. The van der Waals surface area contributed by atoms with Crippen molar-refractivity contribution >= 4 is 17.6 Å². The number of nitrogens with zero attached hydrogens (tertiary/aromatic N) is 3. The van der Waals surface area contributed by atoms with E-state index >= 15 is 0 Å². The van der Waals surface area contributed by atoms with E-state index in [1.54, 1.807) is 4.52 Å². The summed E-state index contributed by atoms with van der Waals surface area (Å²) >= 11 is 0. The van der Waals surface area contributed by atoms with Crippen LogP contribution in [0.1, 0.15) is 12.0 Å². The van der Waals surface area contributed by atoms with Crippen LogP contribution in [0, 0.1) is 6.92 Å². The summed E-state index contributed by atoms with van der Waals surface area (Å²) < 4.78 is 6.23. The van der Waals surface area contributed by atoms with Gasteiger partial charge in [0.2, 0.25) is 5.95 Å². The molecule has 0 aliphatic carbocycles. The molecular formula is C11H14N4O2. The fourth-order valence-electron chi connectivity index (χ4n) is 1.44. The Hall–Kier alpha value is -2.11. The van der Waals surface area contributed by atoms with Crippen molar-refractivity contribution in [3.63, 3.8) is 0 Å². The number of pyridine rings is 1. The van der Waals surface area contributed by atoms with Crippen LogP contribution in [0.25, 0.3) is 5.65 Å². The summed E-state index contributed by atoms with van der Waals surface area (Å²) in [5.41, 5.74) is 1.91. The second-order valence-corrected chi connectivity index (χ2v) is 3.70. The molecule has 2 aromatic rings. The Bertz CT molecular complexity index is 535. The van der Waals surface area contributed by atoms with Crippen LogP contribution in [0.5, 0.6) is 0 Å². The van der Waals surface area contributed by atoms with Crippen molar-refractivity contribution in [2.75, 3.05) is 19.0 Å². The van der Waals surface area contributed by atoms with E-state index in [1.165, 1.54) is 7.11 Å². The summed E-state index contributed by atoms with van der Waals surface area (Å²) in [6, 6.07) is 3.90. The quantitative estimate of drug-likeness (QED) is 0.800. The molecule has 1 N–H and O–H groups in total. The molecule has 0 spiro atoms. The van der Waals surface area contributed by atoms with Gasteiger partial charge in [-0.1, -0.05) is 0 Å². The summed E-state index contributed by atoms with van der Waals surface area (Å²) in [4.78, 5) is 15.2. The number of anilines is 1. The van der Waals surface area contributed by atoms with Crippen LogP contribution in [-0.2, 0) is 9.53 Å². The number of nitrogens with one attached hydrogen (secondary N) is 1. The number of ether oxygens (including phenoxy) is 1. The maximum absolute atomic E-state index is 10.9. The number of aryl methyl sites for hydroxylation is 1. The molecule has 0 fully saturated rings. The third kappa shape index (κ3) is 2.72. The predicted octanol–water partition coefficient (Wildman–Crippen LogP) is 1.01. The Morgan fingerprint density at radius 1 is 1.59 bits per heavy atom. The number of fused-ring (bicyclic) bond motifs is 1. The lowest BCUT2D eigenvalue weighted by atomic mass is 10.3. The van der Waals surface area contributed by atoms with Crippen molar-refractivity contribution < 1.29 is 9.53 Å². The molecule has 2 rings (SSSR count). The minimum atomic E-state index is -0.253. The number of carbonyl (C=O) groups is 1. The third-order valence-electron chi connectivity index (χ3n) is 2.33. The van der Waals surface area contributed by atoms with Crippen LogP contribution in [0.15, 0.2) is 18.3 Å². The summed E-state index contributed by atoms with van der Waals surface area (Å²) in [6.45, 7) is 2.46. The number of hydrogen-bond acceptors (Lipinski definition) is 5. The standard InChI is InChI=1S/C11H14N4O2/c1-8-4-6-15-9(7-8)13-11(14-15)12-5-3-10(16)17-2/h4,6-7H,3,5H2,1-2H3,(H,12,14). The molecule has 0 atom stereocenters. The number of hydrogen-bond donors (Lipinski definition) is 1. The number of carbonyl (C=O) groups excluding carboxylic acids is 1. The van der Waals surface area contributed by atoms with Gasteiger partial charge in [-0.05, 0) is 24.6 Å². The molecule has 0 aromatic carbocycles. The van der Waals surface area contributed by atoms with Crippen LogP contribution in [0.3, 0.4) is 0 Å². The largest absolute Gasteiger partial charge is 0.469 e. The lowest BCUT2D eigenvalue weighted by Crippen LogP contribution is -2.10. The Balaban J connectivity index is 2.02. The fraction of sp³-hybridized carbons (Fsp3) is 0.364. The van der Waals surface area contributed by atoms with Gasteiger partial charge in [0, 0.05) is 12.7 Å². The maximum atomic E-state index is 10.9. The molecule has 0 radical (unpaired) electrons. The van der Waals surface area contributed by atoms with Crippen molar-refractivity contribution in [2.24, 2.45) is 0 Å². The van der Waals surface area contributed by atoms with Crippen LogP contribution in [0.4, 0.5) is 5.95 Å². The van der Waals surface area contributed by atoms with Gasteiger partial charge >= 0.3 is 5.97 Å². The van der Waals surface area contributed by atoms with Gasteiger partial charge in [0.1, 0.15) is 0 Å². The molecule has 2 heterocycles. The molecule has 17 heavy (non-hydrogen) atoms. The van der Waals surface area contributed by atoms with Gasteiger partial charge < -0.3 is 10.1 Å². The second kappa shape index (κ2) is 4.82. The highest BCUT2D eigenvalue weighted by atomic mass is 16.5. The lowest BCUT2D eigenvalue weighted by molar-refractivity contribution is -0.140. The van der Waals surface area contributed by atoms with E-state index in [0.717, 1.165) is 11.2 Å². The van der Waals surface area contributed by atoms with E-state index < -0.39 is 0 Å².